The second-order valence-corrected chi connectivity index (χ2v) is 8.55. The Bertz CT molecular complexity index is 978. The number of allylic oxidation sites excluding steroid dienone is 2. The van der Waals surface area contributed by atoms with Crippen molar-refractivity contribution in [3.63, 3.8) is 0 Å². The van der Waals surface area contributed by atoms with Crippen LogP contribution in [-0.4, -0.2) is 39.3 Å². The Morgan fingerprint density at radius 3 is 2.75 bits per heavy atom. The standard InChI is InChI=1S/C15H18N4O3S2/c1-9-6-4-5-7-15(9,20)24(21,22)12-13-17-10(2)8-11(16)19(13)18-14(12)23-3/h4-9,20H,16H2,1-3H3. The van der Waals surface area contributed by atoms with Gasteiger partial charge < -0.3 is 10.8 Å². The van der Waals surface area contributed by atoms with Crippen LogP contribution >= 0.6 is 11.8 Å². The van der Waals surface area contributed by atoms with Crippen molar-refractivity contribution in [1.29, 1.82) is 0 Å². The van der Waals surface area contributed by atoms with E-state index in [0.717, 1.165) is 0 Å². The monoisotopic (exact) mass is 366 g/mol. The van der Waals surface area contributed by atoms with Gasteiger partial charge in [-0.15, -0.1) is 11.8 Å². The molecule has 2 aromatic heterocycles. The zero-order valence-corrected chi connectivity index (χ0v) is 15.1. The number of nitrogen functional groups attached to an aromatic ring is 1. The SMILES string of the molecule is CSc1nn2c(N)cc(C)nc2c1S(=O)(=O)C1(O)C=CC=CC1C. The smallest absolute Gasteiger partial charge is 0.218 e. The molecular weight excluding hydrogens is 348 g/mol. The zero-order valence-electron chi connectivity index (χ0n) is 13.5. The quantitative estimate of drug-likeness (QED) is 0.793. The molecule has 9 heteroatoms. The van der Waals surface area contributed by atoms with E-state index in [2.05, 4.69) is 10.1 Å². The third-order valence-electron chi connectivity index (χ3n) is 4.06. The molecule has 0 saturated carbocycles. The molecule has 128 valence electrons. The normalized spacial score (nSPS) is 23.9. The molecule has 0 fully saturated rings. The van der Waals surface area contributed by atoms with Crippen LogP contribution in [-0.2, 0) is 9.84 Å². The Hall–Kier alpha value is -1.84. The molecule has 3 rings (SSSR count). The fourth-order valence-corrected chi connectivity index (χ4v) is 5.52. The van der Waals surface area contributed by atoms with Crippen LogP contribution in [0.15, 0.2) is 40.3 Å². The lowest BCUT2D eigenvalue weighted by molar-refractivity contribution is 0.134. The van der Waals surface area contributed by atoms with Gasteiger partial charge in [0.15, 0.2) is 10.6 Å². The fraction of sp³-hybridized carbons (Fsp3) is 0.333. The number of anilines is 1. The molecule has 24 heavy (non-hydrogen) atoms. The van der Waals surface area contributed by atoms with E-state index in [1.54, 1.807) is 38.3 Å². The predicted octanol–water partition coefficient (Wildman–Crippen LogP) is 1.57. The molecule has 2 atom stereocenters. The molecule has 2 aromatic rings. The second-order valence-electron chi connectivity index (χ2n) is 5.68. The first-order valence-electron chi connectivity index (χ1n) is 7.25. The van der Waals surface area contributed by atoms with E-state index >= 15 is 0 Å². The van der Waals surface area contributed by atoms with Gasteiger partial charge in [0, 0.05) is 17.7 Å². The van der Waals surface area contributed by atoms with Gasteiger partial charge in [0.2, 0.25) is 9.84 Å². The Kier molecular flexibility index (Phi) is 3.97. The number of aromatic nitrogens is 3. The van der Waals surface area contributed by atoms with E-state index in [0.29, 0.717) is 5.69 Å². The minimum absolute atomic E-state index is 0.0975. The number of nitrogens with two attached hydrogens (primary N) is 1. The van der Waals surface area contributed by atoms with Crippen LogP contribution in [0.5, 0.6) is 0 Å². The molecule has 7 nitrogen and oxygen atoms in total. The molecule has 0 amide bonds. The van der Waals surface area contributed by atoms with Gasteiger partial charge in [0.05, 0.1) is 0 Å². The molecule has 0 saturated heterocycles. The topological polar surface area (TPSA) is 111 Å². The van der Waals surface area contributed by atoms with Gasteiger partial charge in [0.25, 0.3) is 0 Å². The van der Waals surface area contributed by atoms with Crippen LogP contribution in [0.4, 0.5) is 5.82 Å². The first-order valence-corrected chi connectivity index (χ1v) is 9.96. The molecular formula is C15H18N4O3S2. The maximum Gasteiger partial charge on any atom is 0.218 e. The summed E-state index contributed by atoms with van der Waals surface area (Å²) >= 11 is 1.17. The van der Waals surface area contributed by atoms with Crippen molar-refractivity contribution >= 4 is 33.1 Å². The Balaban J connectivity index is 2.36. The average molecular weight is 366 g/mol. The zero-order chi connectivity index (χ0) is 17.7. The minimum atomic E-state index is -4.18. The first kappa shape index (κ1) is 17.0. The molecule has 0 spiro atoms. The predicted molar refractivity (Wildman–Crippen MR) is 93.5 cm³/mol. The van der Waals surface area contributed by atoms with Crippen LogP contribution in [0.25, 0.3) is 5.65 Å². The van der Waals surface area contributed by atoms with E-state index in [9.17, 15) is 13.5 Å². The van der Waals surface area contributed by atoms with Crippen molar-refractivity contribution < 1.29 is 13.5 Å². The molecule has 0 radical (unpaired) electrons. The summed E-state index contributed by atoms with van der Waals surface area (Å²) in [5.41, 5.74) is 6.64. The average Bonchev–Trinajstić information content (AvgIpc) is 2.89. The Morgan fingerprint density at radius 1 is 1.42 bits per heavy atom. The van der Waals surface area contributed by atoms with E-state index in [1.807, 2.05) is 0 Å². The van der Waals surface area contributed by atoms with Crippen molar-refractivity contribution in [1.82, 2.24) is 14.6 Å². The summed E-state index contributed by atoms with van der Waals surface area (Å²) in [7, 11) is -4.18. The van der Waals surface area contributed by atoms with Gasteiger partial charge in [-0.05, 0) is 19.3 Å². The lowest BCUT2D eigenvalue weighted by atomic mass is 9.99. The molecule has 2 heterocycles. The molecule has 0 aliphatic heterocycles. The minimum Gasteiger partial charge on any atom is -0.384 e. The summed E-state index contributed by atoms with van der Waals surface area (Å²) in [5.74, 6) is -0.326. The number of thioether (sulfide) groups is 1. The van der Waals surface area contributed by atoms with E-state index < -0.39 is 20.7 Å². The van der Waals surface area contributed by atoms with E-state index in [1.165, 1.54) is 28.4 Å². The lowest BCUT2D eigenvalue weighted by Gasteiger charge is -2.30. The van der Waals surface area contributed by atoms with Crippen molar-refractivity contribution in [3.05, 3.63) is 36.1 Å². The molecule has 0 aromatic carbocycles. The highest BCUT2D eigenvalue weighted by molar-refractivity contribution is 7.99. The molecule has 1 aliphatic rings. The Morgan fingerprint density at radius 2 is 2.12 bits per heavy atom. The maximum absolute atomic E-state index is 13.3. The number of fused-ring (bicyclic) bond motifs is 1. The van der Waals surface area contributed by atoms with Crippen LogP contribution < -0.4 is 5.73 Å². The van der Waals surface area contributed by atoms with Crippen LogP contribution in [0, 0.1) is 12.8 Å². The highest BCUT2D eigenvalue weighted by Crippen LogP contribution is 2.39. The number of aryl methyl sites for hydroxylation is 1. The summed E-state index contributed by atoms with van der Waals surface area (Å²) in [6, 6.07) is 1.61. The lowest BCUT2D eigenvalue weighted by Crippen LogP contribution is -2.43. The van der Waals surface area contributed by atoms with E-state index in [4.69, 9.17) is 5.73 Å². The fourth-order valence-electron chi connectivity index (χ4n) is 2.71. The molecule has 2 unspecified atom stereocenters. The number of nitrogens with zero attached hydrogens (tertiary/aromatic N) is 3. The molecule has 3 N–H and O–H groups in total. The van der Waals surface area contributed by atoms with Gasteiger partial charge in [-0.2, -0.15) is 9.61 Å². The summed E-state index contributed by atoms with van der Waals surface area (Å²) < 4.78 is 27.9. The van der Waals surface area contributed by atoms with Crippen LogP contribution in [0.2, 0.25) is 0 Å². The Labute approximate surface area is 144 Å². The number of aliphatic hydroxyl groups is 1. The number of rotatable bonds is 3. The summed E-state index contributed by atoms with van der Waals surface area (Å²) in [4.78, 5) is 2.14. The highest BCUT2D eigenvalue weighted by atomic mass is 32.2. The molecule has 1 aliphatic carbocycles. The third kappa shape index (κ3) is 2.27. The van der Waals surface area contributed by atoms with Gasteiger partial charge >= 0.3 is 0 Å². The van der Waals surface area contributed by atoms with Gasteiger partial charge in [0.1, 0.15) is 15.7 Å². The van der Waals surface area contributed by atoms with Gasteiger partial charge in [-0.25, -0.2) is 13.4 Å². The maximum atomic E-state index is 13.3. The highest BCUT2D eigenvalue weighted by Gasteiger charge is 2.48. The van der Waals surface area contributed by atoms with Crippen molar-refractivity contribution in [3.8, 4) is 0 Å². The van der Waals surface area contributed by atoms with Gasteiger partial charge in [-0.3, -0.25) is 0 Å². The number of hydrogen-bond acceptors (Lipinski definition) is 7. The van der Waals surface area contributed by atoms with Crippen molar-refractivity contribution in [2.75, 3.05) is 12.0 Å². The van der Waals surface area contributed by atoms with Crippen molar-refractivity contribution in [2.45, 2.75) is 28.7 Å². The van der Waals surface area contributed by atoms with Crippen LogP contribution in [0.3, 0.4) is 0 Å². The summed E-state index contributed by atoms with van der Waals surface area (Å²) in [5, 5.41) is 15.4. The second kappa shape index (κ2) is 5.61. The third-order valence-corrected chi connectivity index (χ3v) is 7.15. The number of sulfone groups is 1. The van der Waals surface area contributed by atoms with E-state index in [-0.39, 0.29) is 21.4 Å². The van der Waals surface area contributed by atoms with Gasteiger partial charge in [-0.1, -0.05) is 25.2 Å². The molecule has 0 bridgehead atoms. The van der Waals surface area contributed by atoms with Crippen LogP contribution in [0.1, 0.15) is 12.6 Å². The summed E-state index contributed by atoms with van der Waals surface area (Å²) in [6.45, 7) is 3.37. The van der Waals surface area contributed by atoms with Crippen molar-refractivity contribution in [2.24, 2.45) is 5.92 Å². The summed E-state index contributed by atoms with van der Waals surface area (Å²) in [6.07, 6.45) is 7.89. The largest absolute Gasteiger partial charge is 0.384 e. The first-order chi connectivity index (χ1) is 11.2. The number of hydrogen-bond donors (Lipinski definition) is 2.